The van der Waals surface area contributed by atoms with Crippen LogP contribution in [0.15, 0.2) is 162 Å². The number of ether oxygens (including phenoxy) is 13. The standard InChI is InChI=1S/C106H140N8O27S/c1-68(2)96(111-93(117)41-34-81(100(121)114-43-45-131-47-49-133-51-53-135-55-57-137-58-56-136-54-52-134-50-48-132-46-44-114)63-87(115)77-28-30-79(31-29-77)97(119)82(27-24-74-22-18-70(5)19-23-74)67-142(127,128)85-39-20-71(6)21-40-85)88(116)62-80(16-14-42-108-102(107)123)99(120)109-83-35-25-75(26-36-83)66-138-103(124)110-84-37-32-78(33-38-84)95-86-60-76(61-89(95)129-11)59-72(7)15-13-17-91(130-12)106(126)65-90(139-104(125)112-106)73(8)98-105(9,141-98)92(64-94(118)113(86)10)140-101(122)69(3)4/h13,15,17-23,25-26,28-33,35-40,60-61,68-69,73,80-82,90-92,96,98,126H,14,16,24,27,34,41-59,62-67H2,1-12H3,(H,109,120)(H,110,124)(H,111,117)(H,112,125)(H3,107,108,123)/b17-13+,72-15+/t73-,80-,81-,82?,90+,91-,92+,96+,98+,105+,106+/m1/s1. The van der Waals surface area contributed by atoms with Gasteiger partial charge in [0.15, 0.2) is 32.9 Å². The van der Waals surface area contributed by atoms with Crippen LogP contribution in [0.1, 0.15) is 155 Å². The number of hydrogen-bond acceptors (Lipinski definition) is 27. The maximum absolute atomic E-state index is 15.3. The summed E-state index contributed by atoms with van der Waals surface area (Å²) in [7, 11) is 0.586. The quantitative estimate of drug-likeness (QED) is 0.00648. The lowest BCUT2D eigenvalue weighted by molar-refractivity contribution is -0.157. The smallest absolute Gasteiger partial charge is 0.411 e. The number of anilines is 3. The maximum atomic E-state index is 15.3. The SMILES string of the molecule is COc1cc2cc(c1-c1ccc(NC(=O)OCc3ccc(NC(=O)[C@H](CCCNC(N)=O)CC(=O)[C@@H](NC(=O)CC[C@H](CC(=O)c4ccc(C(=O)C(CCc5ccc(C)cc5)CS(=O)(=O)c5ccc(C)cc5)cc4)C(=O)N4CCOCCOCCOCCOCCOCCOCCOCC4)C(C)C)cc3)cc1)N(C)C(=O)C[C@H](OC(=O)C(C)C)[C@]1(C)O[C@H]1[C@H](C)[C@@H]1C[C@@](O)(NC(=O)O1)[C@H](OC)/C=C/C=C(\C)C2. The van der Waals surface area contributed by atoms with Gasteiger partial charge in [0.25, 0.3) is 0 Å². The van der Waals surface area contributed by atoms with E-state index in [-0.39, 0.29) is 133 Å². The summed E-state index contributed by atoms with van der Waals surface area (Å²) in [5.74, 6) is -9.00. The first-order chi connectivity index (χ1) is 67.9. The molecule has 0 aromatic heterocycles. The minimum Gasteiger partial charge on any atom is -0.496 e. The van der Waals surface area contributed by atoms with E-state index in [0.29, 0.717) is 105 Å². The van der Waals surface area contributed by atoms with Gasteiger partial charge >= 0.3 is 24.2 Å². The summed E-state index contributed by atoms with van der Waals surface area (Å²) < 4.78 is 104. The van der Waals surface area contributed by atoms with Gasteiger partial charge in [0.2, 0.25) is 23.6 Å². The van der Waals surface area contributed by atoms with E-state index in [9.17, 15) is 61.5 Å². The molecule has 142 heavy (non-hydrogen) atoms. The highest BCUT2D eigenvalue weighted by Gasteiger charge is 2.64. The van der Waals surface area contributed by atoms with Crippen LogP contribution in [0.25, 0.3) is 11.1 Å². The number of aliphatic hydroxyl groups is 1. The number of rotatable bonds is 34. The van der Waals surface area contributed by atoms with Crippen LogP contribution < -0.4 is 42.0 Å². The molecule has 6 aromatic rings. The first kappa shape index (κ1) is 112. The minimum absolute atomic E-state index is 0.0413. The number of benzene rings is 6. The monoisotopic (exact) mass is 1990 g/mol. The third-order valence-electron chi connectivity index (χ3n) is 25.6. The number of alkyl carbamates (subject to hydrolysis) is 1. The summed E-state index contributed by atoms with van der Waals surface area (Å²) in [5, 5.41) is 25.6. The van der Waals surface area contributed by atoms with Crippen LogP contribution in [0, 0.1) is 49.4 Å². The van der Waals surface area contributed by atoms with Crippen LogP contribution >= 0.6 is 0 Å². The van der Waals surface area contributed by atoms with E-state index in [0.717, 1.165) is 27.8 Å². The molecule has 36 heteroatoms. The average Bonchev–Trinajstić information content (AvgIpc) is 1.57. The number of nitrogens with two attached hydrogens (primary N) is 1. The average molecular weight is 1990 g/mol. The van der Waals surface area contributed by atoms with E-state index in [2.05, 4.69) is 26.6 Å². The Balaban J connectivity index is 0.804. The molecule has 35 nitrogen and oxygen atoms in total. The Morgan fingerprint density at radius 2 is 1.23 bits per heavy atom. The topological polar surface area (TPSA) is 458 Å². The number of urea groups is 1. The van der Waals surface area contributed by atoms with Crippen molar-refractivity contribution in [2.24, 2.45) is 41.2 Å². The van der Waals surface area contributed by atoms with E-state index in [4.69, 9.17) is 67.3 Å². The number of ketones is 3. The zero-order valence-corrected chi connectivity index (χ0v) is 84.3. The maximum Gasteiger partial charge on any atom is 0.411 e. The fraction of sp³-hybridized carbons (Fsp3) is 0.519. The van der Waals surface area contributed by atoms with Crippen molar-refractivity contribution in [2.75, 3.05) is 155 Å². The molecule has 772 valence electrons. The molecule has 3 fully saturated rings. The zero-order chi connectivity index (χ0) is 103. The van der Waals surface area contributed by atoms with Crippen LogP contribution in [0.3, 0.4) is 0 Å². The van der Waals surface area contributed by atoms with Crippen molar-refractivity contribution in [2.45, 2.75) is 186 Å². The number of hydrogen-bond donors (Lipinski definition) is 7. The Morgan fingerprint density at radius 3 is 1.80 bits per heavy atom. The number of nitrogens with one attached hydrogen (secondary N) is 5. The number of aryl methyl sites for hydroxylation is 3. The van der Waals surface area contributed by atoms with Gasteiger partial charge in [-0.1, -0.05) is 154 Å². The third-order valence-corrected chi connectivity index (χ3v) is 27.4. The number of allylic oxidation sites excluding steroid dienone is 3. The predicted octanol–water partition coefficient (Wildman–Crippen LogP) is 12.3. The Hall–Kier alpha value is -11.7. The van der Waals surface area contributed by atoms with Crippen molar-refractivity contribution < 1.29 is 128 Å². The van der Waals surface area contributed by atoms with E-state index in [1.165, 1.54) is 60.4 Å². The van der Waals surface area contributed by atoms with Gasteiger partial charge in [0, 0.05) is 111 Å². The molecule has 4 aliphatic rings. The van der Waals surface area contributed by atoms with Crippen molar-refractivity contribution in [1.82, 2.24) is 20.9 Å². The largest absolute Gasteiger partial charge is 0.496 e. The van der Waals surface area contributed by atoms with E-state index >= 15 is 4.79 Å². The third kappa shape index (κ3) is 34.3. The van der Waals surface area contributed by atoms with Gasteiger partial charge in [-0.15, -0.1) is 0 Å². The molecular weight excluding hydrogens is 1850 g/mol. The lowest BCUT2D eigenvalue weighted by Gasteiger charge is -2.42. The van der Waals surface area contributed by atoms with Gasteiger partial charge in [-0.2, -0.15) is 0 Å². The molecule has 0 radical (unpaired) electrons. The molecule has 8 amide bonds. The van der Waals surface area contributed by atoms with Gasteiger partial charge in [-0.3, -0.25) is 49.0 Å². The lowest BCUT2D eigenvalue weighted by atomic mass is 9.83. The van der Waals surface area contributed by atoms with E-state index in [1.807, 2.05) is 63.2 Å². The molecule has 8 N–H and O–H groups in total. The van der Waals surface area contributed by atoms with Crippen LogP contribution in [0.5, 0.6) is 5.75 Å². The molecule has 6 aromatic carbocycles. The molecule has 4 aliphatic heterocycles. The molecular formula is C106H140N8O27S. The summed E-state index contributed by atoms with van der Waals surface area (Å²) >= 11 is 0. The number of epoxide rings is 1. The van der Waals surface area contributed by atoms with Crippen molar-refractivity contribution in [1.29, 1.82) is 0 Å². The number of methoxy groups -OCH3 is 2. The molecule has 4 bridgehead atoms. The number of nitrogens with zero attached hydrogens (tertiary/aromatic N) is 2. The fourth-order valence-electron chi connectivity index (χ4n) is 17.2. The van der Waals surface area contributed by atoms with Crippen molar-refractivity contribution in [3.63, 3.8) is 0 Å². The number of carbonyl (C=O) groups excluding carboxylic acids is 11. The van der Waals surface area contributed by atoms with Gasteiger partial charge in [-0.25, -0.2) is 22.8 Å². The molecule has 4 heterocycles. The van der Waals surface area contributed by atoms with Crippen molar-refractivity contribution in [3.05, 3.63) is 196 Å². The molecule has 0 saturated carbocycles. The highest BCUT2D eigenvalue weighted by Crippen LogP contribution is 2.50. The predicted molar refractivity (Wildman–Crippen MR) is 531 cm³/mol. The number of primary amides is 1. The Bertz CT molecular complexity index is 5370. The molecule has 0 aliphatic carbocycles. The molecule has 0 spiro atoms. The van der Waals surface area contributed by atoms with Crippen LogP contribution in [-0.4, -0.2) is 265 Å². The van der Waals surface area contributed by atoms with Gasteiger partial charge < -0.3 is 98.2 Å². The molecule has 3 saturated heterocycles. The van der Waals surface area contributed by atoms with Crippen LogP contribution in [0.2, 0.25) is 0 Å². The number of esters is 1. The zero-order valence-electron chi connectivity index (χ0n) is 83.4. The van der Waals surface area contributed by atoms with Gasteiger partial charge in [0.05, 0.1) is 140 Å². The van der Waals surface area contributed by atoms with Crippen LogP contribution in [0.4, 0.5) is 31.4 Å². The second kappa shape index (κ2) is 55.2. The van der Waals surface area contributed by atoms with Gasteiger partial charge in [-0.05, 0) is 143 Å². The summed E-state index contributed by atoms with van der Waals surface area (Å²) in [5.41, 5.74) is 9.81. The highest BCUT2D eigenvalue weighted by atomic mass is 32.2. The van der Waals surface area contributed by atoms with Gasteiger partial charge in [0.1, 0.15) is 36.3 Å². The number of amides is 8. The number of Topliss-reactive ketones (excluding diaryl/α,β-unsaturated/α-hetero) is 3. The first-order valence-corrected chi connectivity index (χ1v) is 50.2. The number of carbonyl (C=O) groups is 11. The minimum atomic E-state index is -3.95. The molecule has 11 atom stereocenters. The summed E-state index contributed by atoms with van der Waals surface area (Å²) in [6.07, 6.45) is -0.605. The highest BCUT2D eigenvalue weighted by molar-refractivity contribution is 7.91. The first-order valence-electron chi connectivity index (χ1n) is 48.5. The van der Waals surface area contributed by atoms with E-state index < -0.39 is 164 Å². The number of sulfone groups is 1. The summed E-state index contributed by atoms with van der Waals surface area (Å²) in [6.45, 7) is 19.6. The number of fused-ring (bicyclic) bond motifs is 5. The molecule has 1 unspecified atom stereocenters. The lowest BCUT2D eigenvalue weighted by Crippen LogP contribution is -2.63. The summed E-state index contributed by atoms with van der Waals surface area (Å²) in [4.78, 5) is 158. The van der Waals surface area contributed by atoms with Crippen molar-refractivity contribution in [3.8, 4) is 16.9 Å². The Morgan fingerprint density at radius 1 is 0.662 bits per heavy atom. The van der Waals surface area contributed by atoms with Crippen LogP contribution in [-0.2, 0) is 115 Å². The van der Waals surface area contributed by atoms with E-state index in [1.54, 1.807) is 121 Å². The Labute approximate surface area is 831 Å². The molecule has 10 rings (SSSR count). The van der Waals surface area contributed by atoms with Crippen molar-refractivity contribution >= 4 is 92.1 Å². The normalized spacial score (nSPS) is 21.8. The second-order valence-electron chi connectivity index (χ2n) is 37.2. The second-order valence-corrected chi connectivity index (χ2v) is 39.3. The fourth-order valence-corrected chi connectivity index (χ4v) is 18.8. The summed E-state index contributed by atoms with van der Waals surface area (Å²) in [6, 6.07) is 35.1. The Kier molecular flexibility index (Phi) is 43.7.